The van der Waals surface area contributed by atoms with Gasteiger partial charge in [0.1, 0.15) is 0 Å². The molecule has 0 aliphatic heterocycles. The van der Waals surface area contributed by atoms with Crippen molar-refractivity contribution < 1.29 is 0 Å². The summed E-state index contributed by atoms with van der Waals surface area (Å²) in [6.45, 7) is 0. The van der Waals surface area contributed by atoms with Crippen molar-refractivity contribution in [2.24, 2.45) is 0 Å². The van der Waals surface area contributed by atoms with E-state index in [0.717, 1.165) is 61.0 Å². The lowest BCUT2D eigenvalue weighted by atomic mass is 10.0. The van der Waals surface area contributed by atoms with Crippen molar-refractivity contribution in [2.45, 2.75) is 0 Å². The van der Waals surface area contributed by atoms with Crippen LogP contribution in [0.2, 0.25) is 0 Å². The molecule has 0 bridgehead atoms. The minimum absolute atomic E-state index is 0.357. The standard InChI is InChI=1S/C56H36N4O2/c61-55-47-21-11-13-23-51(47)59(56(62)60(55)43-28-24-38(25-29-43)37-14-4-1-5-15-37)44-30-31-46-49-35-40(27-33-53(49)58(54(46)36-44)42-18-8-3-9-19-42)39-26-32-52-48(34-39)45-20-10-12-22-50(45)57(52)41-16-6-2-7-17-41/h1-36H. The van der Waals surface area contributed by atoms with Gasteiger partial charge >= 0.3 is 5.69 Å². The molecule has 0 aliphatic carbocycles. The molecule has 292 valence electrons. The molecule has 0 saturated carbocycles. The zero-order chi connectivity index (χ0) is 41.3. The molecule has 12 aromatic rings. The Morgan fingerprint density at radius 3 is 1.27 bits per heavy atom. The van der Waals surface area contributed by atoms with Gasteiger partial charge in [-0.3, -0.25) is 9.36 Å². The monoisotopic (exact) mass is 796 g/mol. The van der Waals surface area contributed by atoms with Crippen LogP contribution < -0.4 is 11.2 Å². The molecule has 3 heterocycles. The molecule has 0 atom stereocenters. The topological polar surface area (TPSA) is 53.9 Å². The molecule has 9 aromatic carbocycles. The van der Waals surface area contributed by atoms with Crippen molar-refractivity contribution in [3.8, 4) is 45.0 Å². The van der Waals surface area contributed by atoms with Gasteiger partial charge < -0.3 is 9.13 Å². The third-order valence-electron chi connectivity index (χ3n) is 12.2. The van der Waals surface area contributed by atoms with Crippen molar-refractivity contribution in [2.75, 3.05) is 0 Å². The van der Waals surface area contributed by atoms with Gasteiger partial charge in [0.25, 0.3) is 5.56 Å². The van der Waals surface area contributed by atoms with Crippen molar-refractivity contribution >= 4 is 54.5 Å². The van der Waals surface area contributed by atoms with E-state index in [1.54, 1.807) is 10.6 Å². The van der Waals surface area contributed by atoms with E-state index in [1.807, 2.05) is 97.1 Å². The molecule has 0 N–H and O–H groups in total. The highest BCUT2D eigenvalue weighted by atomic mass is 16.2. The third-order valence-corrected chi connectivity index (χ3v) is 12.2. The molecule has 0 spiro atoms. The van der Waals surface area contributed by atoms with E-state index in [9.17, 15) is 9.59 Å². The average molecular weight is 797 g/mol. The van der Waals surface area contributed by atoms with Gasteiger partial charge in [0.2, 0.25) is 0 Å². The summed E-state index contributed by atoms with van der Waals surface area (Å²) >= 11 is 0. The molecule has 0 amide bonds. The Bertz CT molecular complexity index is 3820. The molecule has 0 unspecified atom stereocenters. The Labute approximate surface area is 355 Å². The van der Waals surface area contributed by atoms with E-state index >= 15 is 0 Å². The summed E-state index contributed by atoms with van der Waals surface area (Å²) in [5.74, 6) is 0. The van der Waals surface area contributed by atoms with Gasteiger partial charge in [0.15, 0.2) is 0 Å². The zero-order valence-corrected chi connectivity index (χ0v) is 33.4. The maximum atomic E-state index is 14.8. The highest BCUT2D eigenvalue weighted by Crippen LogP contribution is 2.39. The maximum absolute atomic E-state index is 14.8. The van der Waals surface area contributed by atoms with Crippen molar-refractivity contribution in [3.05, 3.63) is 239 Å². The first kappa shape index (κ1) is 35.5. The van der Waals surface area contributed by atoms with Crippen molar-refractivity contribution in [1.29, 1.82) is 0 Å². The van der Waals surface area contributed by atoms with Crippen LogP contribution in [0.3, 0.4) is 0 Å². The average Bonchev–Trinajstić information content (AvgIpc) is 3.84. The number of rotatable bonds is 6. The number of aromatic nitrogens is 4. The molecule has 0 radical (unpaired) electrons. The van der Waals surface area contributed by atoms with Crippen molar-refractivity contribution in [1.82, 2.24) is 18.3 Å². The Balaban J connectivity index is 1.05. The second-order valence-electron chi connectivity index (χ2n) is 15.7. The molecule has 0 aliphatic rings. The smallest absolute Gasteiger partial charge is 0.309 e. The summed E-state index contributed by atoms with van der Waals surface area (Å²) in [5, 5.41) is 5.01. The van der Waals surface area contributed by atoms with E-state index in [0.29, 0.717) is 22.3 Å². The summed E-state index contributed by atoms with van der Waals surface area (Å²) in [6.07, 6.45) is 0. The van der Waals surface area contributed by atoms with Gasteiger partial charge in [-0.05, 0) is 113 Å². The first-order chi connectivity index (χ1) is 30.6. The van der Waals surface area contributed by atoms with E-state index < -0.39 is 5.69 Å². The molecular weight excluding hydrogens is 761 g/mol. The molecule has 12 rings (SSSR count). The summed E-state index contributed by atoms with van der Waals surface area (Å²) in [7, 11) is 0. The largest absolute Gasteiger partial charge is 0.340 e. The molecular formula is C56H36N4O2. The number of hydrogen-bond acceptors (Lipinski definition) is 2. The van der Waals surface area contributed by atoms with Gasteiger partial charge in [-0.2, -0.15) is 0 Å². The van der Waals surface area contributed by atoms with E-state index in [-0.39, 0.29) is 5.56 Å². The number of para-hydroxylation sites is 4. The zero-order valence-electron chi connectivity index (χ0n) is 33.4. The van der Waals surface area contributed by atoms with Crippen LogP contribution in [-0.2, 0) is 0 Å². The molecule has 6 nitrogen and oxygen atoms in total. The second kappa shape index (κ2) is 14.1. The van der Waals surface area contributed by atoms with Crippen LogP contribution >= 0.6 is 0 Å². The fourth-order valence-electron chi connectivity index (χ4n) is 9.36. The van der Waals surface area contributed by atoms with Gasteiger partial charge in [-0.15, -0.1) is 0 Å². The Kier molecular flexibility index (Phi) is 8.05. The first-order valence-corrected chi connectivity index (χ1v) is 20.8. The van der Waals surface area contributed by atoms with Gasteiger partial charge in [-0.1, -0.05) is 127 Å². The summed E-state index contributed by atoms with van der Waals surface area (Å²) < 4.78 is 7.56. The lowest BCUT2D eigenvalue weighted by Gasteiger charge is -2.15. The van der Waals surface area contributed by atoms with E-state index in [4.69, 9.17) is 0 Å². The molecule has 0 saturated heterocycles. The van der Waals surface area contributed by atoms with Crippen LogP contribution in [0.5, 0.6) is 0 Å². The highest BCUT2D eigenvalue weighted by molar-refractivity contribution is 6.13. The SMILES string of the molecule is O=c1c2ccccc2n(-c2ccc3c4cc(-c5ccc6c(c5)c5ccccc5n6-c5ccccc5)ccc4n(-c4ccccc4)c3c2)c(=O)n1-c1ccc(-c2ccccc2)cc1. The van der Waals surface area contributed by atoms with Gasteiger partial charge in [0, 0.05) is 32.9 Å². The minimum atomic E-state index is -0.436. The van der Waals surface area contributed by atoms with Crippen LogP contribution in [0.1, 0.15) is 0 Å². The van der Waals surface area contributed by atoms with Gasteiger partial charge in [-0.25, -0.2) is 9.36 Å². The minimum Gasteiger partial charge on any atom is -0.309 e. The Morgan fingerprint density at radius 1 is 0.242 bits per heavy atom. The second-order valence-corrected chi connectivity index (χ2v) is 15.7. The quantitative estimate of drug-likeness (QED) is 0.168. The first-order valence-electron chi connectivity index (χ1n) is 20.8. The fraction of sp³-hybridized carbons (Fsp3) is 0. The van der Waals surface area contributed by atoms with Crippen molar-refractivity contribution in [3.63, 3.8) is 0 Å². The lowest BCUT2D eigenvalue weighted by molar-refractivity contribution is 0.835. The molecule has 6 heteroatoms. The van der Waals surface area contributed by atoms with Crippen LogP contribution in [0.4, 0.5) is 0 Å². The summed E-state index contributed by atoms with van der Waals surface area (Å²) in [6, 6.07) is 74.1. The molecule has 0 fully saturated rings. The number of nitrogens with zero attached hydrogens (tertiary/aromatic N) is 4. The van der Waals surface area contributed by atoms with Crippen LogP contribution in [0.15, 0.2) is 228 Å². The van der Waals surface area contributed by atoms with Gasteiger partial charge in [0.05, 0.1) is 44.3 Å². The third kappa shape index (κ3) is 5.51. The maximum Gasteiger partial charge on any atom is 0.340 e. The fourth-order valence-corrected chi connectivity index (χ4v) is 9.36. The normalized spacial score (nSPS) is 11.7. The van der Waals surface area contributed by atoms with Crippen LogP contribution in [0.25, 0.3) is 99.5 Å². The number of benzene rings is 9. The Morgan fingerprint density at radius 2 is 0.661 bits per heavy atom. The molecule has 62 heavy (non-hydrogen) atoms. The summed E-state index contributed by atoms with van der Waals surface area (Å²) in [4.78, 5) is 29.0. The highest BCUT2D eigenvalue weighted by Gasteiger charge is 2.20. The van der Waals surface area contributed by atoms with E-state index in [1.165, 1.54) is 20.9 Å². The van der Waals surface area contributed by atoms with Crippen LogP contribution in [0, 0.1) is 0 Å². The van der Waals surface area contributed by atoms with E-state index in [2.05, 4.69) is 124 Å². The predicted octanol–water partition coefficient (Wildman–Crippen LogP) is 12.7. The predicted molar refractivity (Wildman–Crippen MR) is 255 cm³/mol. The summed E-state index contributed by atoms with van der Waals surface area (Å²) in [5.41, 5.74) is 11.7. The number of fused-ring (bicyclic) bond motifs is 7. The Hall–Kier alpha value is -8.48. The molecule has 3 aromatic heterocycles. The van der Waals surface area contributed by atoms with Crippen LogP contribution in [-0.4, -0.2) is 18.3 Å². The number of hydrogen-bond donors (Lipinski definition) is 0. The lowest BCUT2D eigenvalue weighted by Crippen LogP contribution is -2.38.